The van der Waals surface area contributed by atoms with Crippen LogP contribution in [0.25, 0.3) is 0 Å². The van der Waals surface area contributed by atoms with Gasteiger partial charge in [-0.05, 0) is 25.0 Å². The van der Waals surface area contributed by atoms with E-state index in [4.69, 9.17) is 18.0 Å². The second kappa shape index (κ2) is 7.19. The molecule has 1 aromatic rings. The van der Waals surface area contributed by atoms with E-state index in [2.05, 4.69) is 24.1 Å². The number of nitrogens with zero attached hydrogens (tertiary/aromatic N) is 2. The fraction of sp³-hybridized carbons (Fsp3) is 0.500. The third-order valence-corrected chi connectivity index (χ3v) is 2.95. The van der Waals surface area contributed by atoms with Crippen LogP contribution >= 0.6 is 12.2 Å². The molecular formula is C14H22N4OS. The minimum absolute atomic E-state index is 0.0432. The molecule has 20 heavy (non-hydrogen) atoms. The van der Waals surface area contributed by atoms with Crippen molar-refractivity contribution < 1.29 is 4.79 Å². The number of anilines is 1. The predicted molar refractivity (Wildman–Crippen MR) is 86.0 cm³/mol. The average Bonchev–Trinajstić information content (AvgIpc) is 2.35. The molecule has 1 rings (SSSR count). The first kappa shape index (κ1) is 16.4. The van der Waals surface area contributed by atoms with Crippen LogP contribution < -0.4 is 16.0 Å². The Bertz CT molecular complexity index is 502. The van der Waals surface area contributed by atoms with Crippen LogP contribution in [-0.2, 0) is 4.79 Å². The van der Waals surface area contributed by atoms with Crippen molar-refractivity contribution in [3.63, 3.8) is 0 Å². The summed E-state index contributed by atoms with van der Waals surface area (Å²) in [5, 5.41) is 2.87. The number of rotatable bonds is 6. The molecule has 1 aromatic heterocycles. The lowest BCUT2D eigenvalue weighted by molar-refractivity contribution is -0.119. The number of carbonyl (C=O) groups excluding carboxylic acids is 1. The Morgan fingerprint density at radius 1 is 1.50 bits per heavy atom. The molecule has 6 heteroatoms. The summed E-state index contributed by atoms with van der Waals surface area (Å²) in [7, 11) is 1.80. The molecule has 0 saturated carbocycles. The molecule has 1 heterocycles. The fourth-order valence-corrected chi connectivity index (χ4v) is 1.85. The van der Waals surface area contributed by atoms with Crippen LogP contribution in [0, 0.1) is 12.8 Å². The molecule has 0 aliphatic carbocycles. The van der Waals surface area contributed by atoms with E-state index in [0.717, 1.165) is 5.69 Å². The molecule has 3 N–H and O–H groups in total. The summed E-state index contributed by atoms with van der Waals surface area (Å²) in [6.07, 6.45) is 0. The number of hydrogen-bond acceptors (Lipinski definition) is 4. The predicted octanol–water partition coefficient (Wildman–Crippen LogP) is 1.23. The second-order valence-corrected chi connectivity index (χ2v) is 5.68. The molecule has 0 radical (unpaired) electrons. The number of thiocarbonyl (C=S) groups is 1. The highest BCUT2D eigenvalue weighted by Gasteiger charge is 2.14. The molecule has 0 spiro atoms. The standard InChI is InChI=1S/C14H22N4OS/c1-9(2)7-16-12(19)8-18(4)14-11(13(15)20)6-5-10(3)17-14/h5-6,9H,7-8H2,1-4H3,(H2,15,20)(H,16,19). The van der Waals surface area contributed by atoms with Crippen molar-refractivity contribution in [2.45, 2.75) is 20.8 Å². The minimum atomic E-state index is -0.0432. The number of amides is 1. The zero-order valence-corrected chi connectivity index (χ0v) is 13.3. The Labute approximate surface area is 125 Å². The third-order valence-electron chi connectivity index (χ3n) is 2.73. The van der Waals surface area contributed by atoms with Gasteiger partial charge in [-0.2, -0.15) is 0 Å². The maximum atomic E-state index is 11.9. The van der Waals surface area contributed by atoms with E-state index in [1.165, 1.54) is 0 Å². The molecule has 110 valence electrons. The van der Waals surface area contributed by atoms with Gasteiger partial charge in [-0.1, -0.05) is 26.1 Å². The van der Waals surface area contributed by atoms with E-state index < -0.39 is 0 Å². The average molecular weight is 294 g/mol. The van der Waals surface area contributed by atoms with Gasteiger partial charge in [0.2, 0.25) is 5.91 Å². The van der Waals surface area contributed by atoms with Crippen LogP contribution in [-0.4, -0.2) is 36.0 Å². The van der Waals surface area contributed by atoms with E-state index in [9.17, 15) is 4.79 Å². The van der Waals surface area contributed by atoms with Crippen LogP contribution in [0.1, 0.15) is 25.1 Å². The highest BCUT2D eigenvalue weighted by molar-refractivity contribution is 7.80. The summed E-state index contributed by atoms with van der Waals surface area (Å²) in [5.74, 6) is 1.02. The van der Waals surface area contributed by atoms with Crippen LogP contribution in [0.2, 0.25) is 0 Å². The van der Waals surface area contributed by atoms with Gasteiger partial charge < -0.3 is 16.0 Å². The molecule has 0 aliphatic rings. The fourth-order valence-electron chi connectivity index (χ4n) is 1.69. The minimum Gasteiger partial charge on any atom is -0.389 e. The summed E-state index contributed by atoms with van der Waals surface area (Å²) in [6, 6.07) is 3.69. The van der Waals surface area contributed by atoms with Gasteiger partial charge in [-0.25, -0.2) is 4.98 Å². The van der Waals surface area contributed by atoms with E-state index in [1.54, 1.807) is 11.9 Å². The smallest absolute Gasteiger partial charge is 0.239 e. The molecule has 0 aromatic carbocycles. The normalized spacial score (nSPS) is 10.4. The maximum Gasteiger partial charge on any atom is 0.239 e. The van der Waals surface area contributed by atoms with Crippen LogP contribution in [0.3, 0.4) is 0 Å². The number of aromatic nitrogens is 1. The number of aryl methyl sites for hydroxylation is 1. The largest absolute Gasteiger partial charge is 0.389 e. The SMILES string of the molecule is Cc1ccc(C(N)=S)c(N(C)CC(=O)NCC(C)C)n1. The first-order valence-electron chi connectivity index (χ1n) is 6.56. The van der Waals surface area contributed by atoms with Crippen molar-refractivity contribution in [3.05, 3.63) is 23.4 Å². The lowest BCUT2D eigenvalue weighted by Crippen LogP contribution is -2.38. The van der Waals surface area contributed by atoms with Crippen LogP contribution in [0.15, 0.2) is 12.1 Å². The van der Waals surface area contributed by atoms with E-state index in [-0.39, 0.29) is 17.4 Å². The molecule has 0 aliphatic heterocycles. The first-order valence-corrected chi connectivity index (χ1v) is 6.97. The van der Waals surface area contributed by atoms with Crippen LogP contribution in [0.5, 0.6) is 0 Å². The Morgan fingerprint density at radius 2 is 2.15 bits per heavy atom. The molecular weight excluding hydrogens is 272 g/mol. The lowest BCUT2D eigenvalue weighted by Gasteiger charge is -2.21. The maximum absolute atomic E-state index is 11.9. The van der Waals surface area contributed by atoms with Gasteiger partial charge in [0.1, 0.15) is 10.8 Å². The van der Waals surface area contributed by atoms with E-state index in [1.807, 2.05) is 19.1 Å². The van der Waals surface area contributed by atoms with Gasteiger partial charge >= 0.3 is 0 Å². The third kappa shape index (κ3) is 4.77. The molecule has 0 atom stereocenters. The molecule has 0 fully saturated rings. The number of likely N-dealkylation sites (N-methyl/N-ethyl adjacent to an activating group) is 1. The molecule has 0 unspecified atom stereocenters. The van der Waals surface area contributed by atoms with Crippen molar-refractivity contribution in [2.75, 3.05) is 25.0 Å². The van der Waals surface area contributed by atoms with Crippen molar-refractivity contribution >= 4 is 28.9 Å². The number of pyridine rings is 1. The van der Waals surface area contributed by atoms with Gasteiger partial charge in [-0.3, -0.25) is 4.79 Å². The van der Waals surface area contributed by atoms with Gasteiger partial charge in [0.05, 0.1) is 12.1 Å². The Hall–Kier alpha value is -1.69. The summed E-state index contributed by atoms with van der Waals surface area (Å²) in [5.41, 5.74) is 7.24. The number of nitrogens with two attached hydrogens (primary N) is 1. The van der Waals surface area contributed by atoms with Gasteiger partial charge in [0.15, 0.2) is 0 Å². The van der Waals surface area contributed by atoms with Crippen molar-refractivity contribution in [2.24, 2.45) is 11.7 Å². The number of nitrogens with one attached hydrogen (secondary N) is 1. The molecule has 0 bridgehead atoms. The molecule has 1 amide bonds. The molecule has 5 nitrogen and oxygen atoms in total. The highest BCUT2D eigenvalue weighted by Crippen LogP contribution is 2.17. The summed E-state index contributed by atoms with van der Waals surface area (Å²) >= 11 is 5.02. The lowest BCUT2D eigenvalue weighted by atomic mass is 10.2. The van der Waals surface area contributed by atoms with Crippen molar-refractivity contribution in [3.8, 4) is 0 Å². The highest BCUT2D eigenvalue weighted by atomic mass is 32.1. The van der Waals surface area contributed by atoms with E-state index >= 15 is 0 Å². The first-order chi connectivity index (χ1) is 9.31. The van der Waals surface area contributed by atoms with Gasteiger partial charge in [0, 0.05) is 19.3 Å². The van der Waals surface area contributed by atoms with Crippen molar-refractivity contribution in [1.29, 1.82) is 0 Å². The summed E-state index contributed by atoms with van der Waals surface area (Å²) < 4.78 is 0. The topological polar surface area (TPSA) is 71.2 Å². The molecule has 0 saturated heterocycles. The zero-order valence-electron chi connectivity index (χ0n) is 12.4. The second-order valence-electron chi connectivity index (χ2n) is 5.24. The number of hydrogen-bond donors (Lipinski definition) is 2. The van der Waals surface area contributed by atoms with Crippen LogP contribution in [0.4, 0.5) is 5.82 Å². The number of carbonyl (C=O) groups is 1. The van der Waals surface area contributed by atoms with Gasteiger partial charge in [-0.15, -0.1) is 0 Å². The summed E-state index contributed by atoms with van der Waals surface area (Å²) in [6.45, 7) is 6.88. The summed E-state index contributed by atoms with van der Waals surface area (Å²) in [4.78, 5) is 18.3. The zero-order chi connectivity index (χ0) is 15.3. The van der Waals surface area contributed by atoms with Gasteiger partial charge in [0.25, 0.3) is 0 Å². The Kier molecular flexibility index (Phi) is 5.88. The van der Waals surface area contributed by atoms with E-state index in [0.29, 0.717) is 23.8 Å². The Balaban J connectivity index is 2.81. The van der Waals surface area contributed by atoms with Crippen molar-refractivity contribution in [1.82, 2.24) is 10.3 Å². The Morgan fingerprint density at radius 3 is 2.70 bits per heavy atom. The monoisotopic (exact) mass is 294 g/mol. The quantitative estimate of drug-likeness (QED) is 0.772.